The van der Waals surface area contributed by atoms with Gasteiger partial charge in [0, 0.05) is 18.6 Å². The van der Waals surface area contributed by atoms with Crippen LogP contribution in [0, 0.1) is 11.8 Å². The number of carboxylic acids is 1. The number of nitrogens with one attached hydrogen (secondary N) is 1. The summed E-state index contributed by atoms with van der Waals surface area (Å²) < 4.78 is 0. The Morgan fingerprint density at radius 3 is 2.65 bits per heavy atom. The van der Waals surface area contributed by atoms with E-state index in [-0.39, 0.29) is 6.54 Å². The molecule has 0 aliphatic heterocycles. The number of carbonyl (C=O) groups is 1. The third-order valence-electron chi connectivity index (χ3n) is 4.69. The summed E-state index contributed by atoms with van der Waals surface area (Å²) >= 11 is 0. The Morgan fingerprint density at radius 2 is 2.10 bits per heavy atom. The largest absolute Gasteiger partial charge is 0.480 e. The van der Waals surface area contributed by atoms with Crippen LogP contribution in [0.4, 0.5) is 0 Å². The average molecular weight is 282 g/mol. The third-order valence-corrected chi connectivity index (χ3v) is 4.69. The SMILES string of the molecule is CCCC(C)CNC1CC(N(CC(=O)O)CC2CC2)C1. The molecule has 2 rings (SSSR count). The lowest BCUT2D eigenvalue weighted by molar-refractivity contribution is -0.139. The second-order valence-corrected chi connectivity index (χ2v) is 6.89. The van der Waals surface area contributed by atoms with E-state index in [1.54, 1.807) is 0 Å². The normalized spacial score (nSPS) is 27.4. The van der Waals surface area contributed by atoms with Gasteiger partial charge in [-0.3, -0.25) is 9.69 Å². The van der Waals surface area contributed by atoms with Crippen molar-refractivity contribution in [2.45, 2.75) is 64.5 Å². The molecule has 0 bridgehead atoms. The summed E-state index contributed by atoms with van der Waals surface area (Å²) in [4.78, 5) is 13.2. The van der Waals surface area contributed by atoms with E-state index in [9.17, 15) is 4.79 Å². The molecule has 0 amide bonds. The first-order valence-corrected chi connectivity index (χ1v) is 8.27. The van der Waals surface area contributed by atoms with Gasteiger partial charge in [0.2, 0.25) is 0 Å². The highest BCUT2D eigenvalue weighted by Gasteiger charge is 2.36. The lowest BCUT2D eigenvalue weighted by atomic mass is 9.84. The minimum atomic E-state index is -0.682. The van der Waals surface area contributed by atoms with Crippen LogP contribution in [0.2, 0.25) is 0 Å². The van der Waals surface area contributed by atoms with Crippen molar-refractivity contribution in [3.8, 4) is 0 Å². The molecule has 4 nitrogen and oxygen atoms in total. The van der Waals surface area contributed by atoms with Gasteiger partial charge in [0.1, 0.15) is 0 Å². The van der Waals surface area contributed by atoms with Gasteiger partial charge in [-0.2, -0.15) is 0 Å². The van der Waals surface area contributed by atoms with E-state index in [0.29, 0.717) is 12.1 Å². The number of hydrogen-bond donors (Lipinski definition) is 2. The van der Waals surface area contributed by atoms with E-state index in [4.69, 9.17) is 5.11 Å². The maximum atomic E-state index is 11.0. The zero-order valence-electron chi connectivity index (χ0n) is 13.0. The number of aliphatic carboxylic acids is 1. The molecule has 0 radical (unpaired) electrons. The van der Waals surface area contributed by atoms with Gasteiger partial charge in [0.15, 0.2) is 0 Å². The van der Waals surface area contributed by atoms with Crippen molar-refractivity contribution in [3.63, 3.8) is 0 Å². The molecule has 2 aliphatic carbocycles. The molecule has 0 aromatic rings. The number of rotatable bonds is 10. The predicted molar refractivity (Wildman–Crippen MR) is 80.8 cm³/mol. The minimum Gasteiger partial charge on any atom is -0.480 e. The van der Waals surface area contributed by atoms with Gasteiger partial charge >= 0.3 is 5.97 Å². The molecule has 2 saturated carbocycles. The zero-order chi connectivity index (χ0) is 14.5. The van der Waals surface area contributed by atoms with Crippen molar-refractivity contribution < 1.29 is 9.90 Å². The van der Waals surface area contributed by atoms with Crippen molar-refractivity contribution in [2.24, 2.45) is 11.8 Å². The Bertz CT molecular complexity index is 312. The molecule has 1 atom stereocenters. The molecule has 2 N–H and O–H groups in total. The molecule has 0 aromatic heterocycles. The summed E-state index contributed by atoms with van der Waals surface area (Å²) in [6.07, 6.45) is 7.37. The van der Waals surface area contributed by atoms with Crippen LogP contribution >= 0.6 is 0 Å². The maximum absolute atomic E-state index is 11.0. The minimum absolute atomic E-state index is 0.222. The molecule has 0 spiro atoms. The Hall–Kier alpha value is -0.610. The fourth-order valence-electron chi connectivity index (χ4n) is 3.16. The lowest BCUT2D eigenvalue weighted by Crippen LogP contribution is -2.54. The van der Waals surface area contributed by atoms with Gasteiger partial charge in [0.05, 0.1) is 6.54 Å². The highest BCUT2D eigenvalue weighted by atomic mass is 16.4. The molecule has 2 fully saturated rings. The Kier molecular flexibility index (Phi) is 5.85. The first-order chi connectivity index (χ1) is 9.58. The molecule has 4 heteroatoms. The van der Waals surface area contributed by atoms with Crippen molar-refractivity contribution >= 4 is 5.97 Å². The lowest BCUT2D eigenvalue weighted by Gasteiger charge is -2.43. The smallest absolute Gasteiger partial charge is 0.317 e. The maximum Gasteiger partial charge on any atom is 0.317 e. The summed E-state index contributed by atoms with van der Waals surface area (Å²) in [5.74, 6) is 0.838. The molecule has 0 heterocycles. The summed E-state index contributed by atoms with van der Waals surface area (Å²) in [6.45, 7) is 6.86. The van der Waals surface area contributed by atoms with Crippen molar-refractivity contribution in [1.29, 1.82) is 0 Å². The third kappa shape index (κ3) is 5.06. The fourth-order valence-corrected chi connectivity index (χ4v) is 3.16. The van der Waals surface area contributed by atoms with E-state index >= 15 is 0 Å². The van der Waals surface area contributed by atoms with Gasteiger partial charge in [0.25, 0.3) is 0 Å². The van der Waals surface area contributed by atoms with Crippen molar-refractivity contribution in [1.82, 2.24) is 10.2 Å². The molecule has 0 saturated heterocycles. The number of hydrogen-bond acceptors (Lipinski definition) is 3. The Balaban J connectivity index is 1.65. The summed E-state index contributed by atoms with van der Waals surface area (Å²) in [5.41, 5.74) is 0. The van der Waals surface area contributed by atoms with Gasteiger partial charge in [-0.05, 0) is 50.5 Å². The summed E-state index contributed by atoms with van der Waals surface area (Å²) in [7, 11) is 0. The fraction of sp³-hybridized carbons (Fsp3) is 0.938. The summed E-state index contributed by atoms with van der Waals surface area (Å²) in [6, 6.07) is 1.10. The second-order valence-electron chi connectivity index (χ2n) is 6.89. The van der Waals surface area contributed by atoms with Crippen LogP contribution in [0.25, 0.3) is 0 Å². The number of nitrogens with zero attached hydrogens (tertiary/aromatic N) is 1. The van der Waals surface area contributed by atoms with Gasteiger partial charge in [-0.25, -0.2) is 0 Å². The molecule has 20 heavy (non-hydrogen) atoms. The zero-order valence-corrected chi connectivity index (χ0v) is 13.0. The van der Waals surface area contributed by atoms with E-state index in [2.05, 4.69) is 24.1 Å². The standard InChI is InChI=1S/C16H30N2O2/c1-3-4-12(2)9-17-14-7-15(8-14)18(11-16(19)20)10-13-5-6-13/h12-15,17H,3-11H2,1-2H3,(H,19,20). The summed E-state index contributed by atoms with van der Waals surface area (Å²) in [5, 5.41) is 12.7. The van der Waals surface area contributed by atoms with Crippen LogP contribution in [-0.4, -0.2) is 47.7 Å². The monoisotopic (exact) mass is 282 g/mol. The van der Waals surface area contributed by atoms with E-state index in [0.717, 1.165) is 37.8 Å². The van der Waals surface area contributed by atoms with Crippen LogP contribution in [0.15, 0.2) is 0 Å². The first kappa shape index (κ1) is 15.8. The molecular weight excluding hydrogens is 252 g/mol. The second kappa shape index (κ2) is 7.41. The Labute approximate surface area is 122 Å². The van der Waals surface area contributed by atoms with Crippen LogP contribution in [0.1, 0.15) is 52.4 Å². The molecule has 0 aromatic carbocycles. The highest BCUT2D eigenvalue weighted by molar-refractivity contribution is 5.69. The highest BCUT2D eigenvalue weighted by Crippen LogP contribution is 2.33. The molecule has 116 valence electrons. The quantitative estimate of drug-likeness (QED) is 0.646. The van der Waals surface area contributed by atoms with Crippen LogP contribution in [-0.2, 0) is 4.79 Å². The topological polar surface area (TPSA) is 52.6 Å². The van der Waals surface area contributed by atoms with Crippen molar-refractivity contribution in [3.05, 3.63) is 0 Å². The van der Waals surface area contributed by atoms with Gasteiger partial charge in [-0.1, -0.05) is 20.3 Å². The van der Waals surface area contributed by atoms with E-state index < -0.39 is 5.97 Å². The average Bonchev–Trinajstić information content (AvgIpc) is 3.10. The molecule has 2 aliphatic rings. The van der Waals surface area contributed by atoms with Crippen LogP contribution in [0.3, 0.4) is 0 Å². The van der Waals surface area contributed by atoms with Crippen LogP contribution < -0.4 is 5.32 Å². The predicted octanol–water partition coefficient (Wildman–Crippen LogP) is 2.34. The first-order valence-electron chi connectivity index (χ1n) is 8.27. The van der Waals surface area contributed by atoms with E-state index in [1.807, 2.05) is 0 Å². The molecular formula is C16H30N2O2. The molecule has 1 unspecified atom stereocenters. The van der Waals surface area contributed by atoms with Crippen LogP contribution in [0.5, 0.6) is 0 Å². The van der Waals surface area contributed by atoms with E-state index in [1.165, 1.54) is 25.7 Å². The van der Waals surface area contributed by atoms with Crippen molar-refractivity contribution in [2.75, 3.05) is 19.6 Å². The Morgan fingerprint density at radius 1 is 1.40 bits per heavy atom. The number of carboxylic acid groups (broad SMARTS) is 1. The van der Waals surface area contributed by atoms with Gasteiger partial charge in [-0.15, -0.1) is 0 Å². The van der Waals surface area contributed by atoms with Gasteiger partial charge < -0.3 is 10.4 Å².